The molecule has 0 aliphatic heterocycles. The first kappa shape index (κ1) is 33.6. The third-order valence-electron chi connectivity index (χ3n) is 12.9. The molecule has 2 aliphatic rings. The number of hydrogen-bond donors (Lipinski definition) is 0. The highest BCUT2D eigenvalue weighted by Crippen LogP contribution is 2.60. The summed E-state index contributed by atoms with van der Waals surface area (Å²) in [5.41, 5.74) is 18.8. The minimum Gasteiger partial charge on any atom is -0.309 e. The van der Waals surface area contributed by atoms with Crippen molar-refractivity contribution in [1.82, 2.24) is 0 Å². The monoisotopic (exact) mass is 729 g/mol. The van der Waals surface area contributed by atoms with E-state index in [0.29, 0.717) is 0 Å². The van der Waals surface area contributed by atoms with Crippen LogP contribution in [0.25, 0.3) is 66.1 Å². The van der Waals surface area contributed by atoms with Crippen LogP contribution in [-0.2, 0) is 10.8 Å². The first-order valence-electron chi connectivity index (χ1n) is 20.2. The molecule has 272 valence electrons. The molecular weight excluding hydrogens is 687 g/mol. The lowest BCUT2D eigenvalue weighted by molar-refractivity contribution is 0.666. The van der Waals surface area contributed by atoms with E-state index in [1.807, 2.05) is 0 Å². The van der Waals surface area contributed by atoms with E-state index in [4.69, 9.17) is 0 Å². The van der Waals surface area contributed by atoms with Gasteiger partial charge in [-0.25, -0.2) is 0 Å². The van der Waals surface area contributed by atoms with E-state index < -0.39 is 0 Å². The van der Waals surface area contributed by atoms with E-state index >= 15 is 0 Å². The van der Waals surface area contributed by atoms with Crippen LogP contribution in [0.2, 0.25) is 0 Å². The summed E-state index contributed by atoms with van der Waals surface area (Å²) in [7, 11) is 0. The minimum atomic E-state index is -0.188. The number of nitrogens with zero attached hydrogens (tertiary/aromatic N) is 1. The van der Waals surface area contributed by atoms with Crippen LogP contribution >= 0.6 is 0 Å². The molecule has 0 fully saturated rings. The topological polar surface area (TPSA) is 3.24 Å². The quantitative estimate of drug-likeness (QED) is 0.170. The average Bonchev–Trinajstić information content (AvgIpc) is 3.65. The molecule has 9 aromatic carbocycles. The second-order valence-corrected chi connectivity index (χ2v) is 16.9. The van der Waals surface area contributed by atoms with Crippen molar-refractivity contribution in [1.29, 1.82) is 0 Å². The van der Waals surface area contributed by atoms with Crippen LogP contribution in [0.5, 0.6) is 0 Å². The number of anilines is 3. The summed E-state index contributed by atoms with van der Waals surface area (Å²) in [4.78, 5) is 2.61. The van der Waals surface area contributed by atoms with Crippen molar-refractivity contribution in [3.8, 4) is 44.5 Å². The Labute approximate surface area is 335 Å². The van der Waals surface area contributed by atoms with E-state index in [1.54, 1.807) is 0 Å². The summed E-state index contributed by atoms with van der Waals surface area (Å²) < 4.78 is 0. The van der Waals surface area contributed by atoms with Gasteiger partial charge in [-0.1, -0.05) is 185 Å². The molecule has 0 radical (unpaired) electrons. The van der Waals surface area contributed by atoms with Gasteiger partial charge in [-0.15, -0.1) is 0 Å². The zero-order chi connectivity index (χ0) is 38.5. The van der Waals surface area contributed by atoms with Crippen molar-refractivity contribution in [3.63, 3.8) is 0 Å². The zero-order valence-electron chi connectivity index (χ0n) is 32.8. The summed E-state index contributed by atoms with van der Waals surface area (Å²) >= 11 is 0. The maximum absolute atomic E-state index is 2.61. The predicted octanol–water partition coefficient (Wildman–Crippen LogP) is 15.4. The Morgan fingerprint density at radius 2 is 0.772 bits per heavy atom. The van der Waals surface area contributed by atoms with Gasteiger partial charge in [-0.2, -0.15) is 0 Å². The largest absolute Gasteiger partial charge is 0.309 e. The molecule has 0 spiro atoms. The smallest absolute Gasteiger partial charge is 0.0549 e. The van der Waals surface area contributed by atoms with Crippen LogP contribution in [0.1, 0.15) is 49.9 Å². The highest BCUT2D eigenvalue weighted by Gasteiger charge is 2.42. The lowest BCUT2D eigenvalue weighted by Gasteiger charge is -2.33. The van der Waals surface area contributed by atoms with Crippen molar-refractivity contribution in [3.05, 3.63) is 210 Å². The highest BCUT2D eigenvalue weighted by atomic mass is 15.1. The van der Waals surface area contributed by atoms with E-state index in [2.05, 4.69) is 221 Å². The number of fused-ring (bicyclic) bond motifs is 10. The molecule has 0 N–H and O–H groups in total. The van der Waals surface area contributed by atoms with Crippen LogP contribution in [0.15, 0.2) is 188 Å². The standard InChI is InChI=1S/C56H43N/c1-55(2)47-30-14-12-28-45(47)51-49(34-40-20-8-10-26-43(40)53(51)55)57(42-25-17-24-39(33-42)38-23-16-22-37(32-38)36-18-6-5-7-19-36)50-35-41-21-9-11-27-44(41)54-52(50)46-29-13-15-31-48(46)56(54,3)4/h5-35H,1-4H3. The Bertz CT molecular complexity index is 2930. The van der Waals surface area contributed by atoms with Crippen molar-refractivity contribution in [2.75, 3.05) is 4.90 Å². The Morgan fingerprint density at radius 3 is 1.33 bits per heavy atom. The third kappa shape index (κ3) is 4.95. The Balaban J connectivity index is 1.26. The second kappa shape index (κ2) is 12.4. The fraction of sp³-hybridized carbons (Fsp3) is 0.107. The van der Waals surface area contributed by atoms with Gasteiger partial charge >= 0.3 is 0 Å². The van der Waals surface area contributed by atoms with E-state index in [1.165, 1.54) is 99.7 Å². The zero-order valence-corrected chi connectivity index (χ0v) is 32.8. The lowest BCUT2D eigenvalue weighted by atomic mass is 9.79. The van der Waals surface area contributed by atoms with Gasteiger partial charge in [-0.3, -0.25) is 0 Å². The molecule has 0 unspecified atom stereocenters. The summed E-state index contributed by atoms with van der Waals surface area (Å²) in [6, 6.07) is 70.0. The van der Waals surface area contributed by atoms with Crippen molar-refractivity contribution < 1.29 is 0 Å². The SMILES string of the molecule is CC1(C)c2ccccc2-c2c(N(c3cccc(-c4cccc(-c5ccccc5)c4)c3)c3cc4ccccc4c4c3-c3ccccc3C4(C)C)cc3ccccc3c21. The van der Waals surface area contributed by atoms with Crippen molar-refractivity contribution in [2.45, 2.75) is 38.5 Å². The molecule has 0 saturated carbocycles. The van der Waals surface area contributed by atoms with Gasteiger partial charge in [0.2, 0.25) is 0 Å². The minimum absolute atomic E-state index is 0.188. The third-order valence-corrected chi connectivity index (χ3v) is 12.9. The van der Waals surface area contributed by atoms with Crippen molar-refractivity contribution >= 4 is 38.6 Å². The Hall–Kier alpha value is -6.70. The second-order valence-electron chi connectivity index (χ2n) is 16.9. The van der Waals surface area contributed by atoms with Crippen molar-refractivity contribution in [2.24, 2.45) is 0 Å². The van der Waals surface area contributed by atoms with Gasteiger partial charge in [0.1, 0.15) is 0 Å². The average molecular weight is 730 g/mol. The summed E-state index contributed by atoms with van der Waals surface area (Å²) in [5.74, 6) is 0. The first-order valence-corrected chi connectivity index (χ1v) is 20.2. The van der Waals surface area contributed by atoms with Crippen LogP contribution < -0.4 is 4.90 Å². The van der Waals surface area contributed by atoms with Gasteiger partial charge in [-0.05, 0) is 108 Å². The number of benzene rings is 9. The highest BCUT2D eigenvalue weighted by molar-refractivity contribution is 6.10. The molecule has 11 rings (SSSR count). The molecule has 0 bridgehead atoms. The number of hydrogen-bond acceptors (Lipinski definition) is 1. The molecule has 57 heavy (non-hydrogen) atoms. The summed E-state index contributed by atoms with van der Waals surface area (Å²) in [5, 5.41) is 5.14. The molecule has 0 heterocycles. The van der Waals surface area contributed by atoms with E-state index in [9.17, 15) is 0 Å². The van der Waals surface area contributed by atoms with E-state index in [0.717, 1.165) is 5.69 Å². The molecule has 1 heteroatoms. The van der Waals surface area contributed by atoms with Gasteiger partial charge in [0, 0.05) is 27.6 Å². The van der Waals surface area contributed by atoms with Crippen LogP contribution in [0.4, 0.5) is 17.1 Å². The molecule has 0 aromatic heterocycles. The fourth-order valence-corrected chi connectivity index (χ4v) is 10.4. The van der Waals surface area contributed by atoms with Crippen LogP contribution in [-0.4, -0.2) is 0 Å². The van der Waals surface area contributed by atoms with Gasteiger partial charge in [0.15, 0.2) is 0 Å². The Morgan fingerprint density at radius 1 is 0.351 bits per heavy atom. The molecule has 0 saturated heterocycles. The first-order chi connectivity index (χ1) is 27.8. The maximum Gasteiger partial charge on any atom is 0.0549 e. The molecule has 9 aromatic rings. The van der Waals surface area contributed by atoms with Crippen LogP contribution in [0, 0.1) is 0 Å². The van der Waals surface area contributed by atoms with Crippen LogP contribution in [0.3, 0.4) is 0 Å². The fourth-order valence-electron chi connectivity index (χ4n) is 10.4. The predicted molar refractivity (Wildman–Crippen MR) is 242 cm³/mol. The van der Waals surface area contributed by atoms with E-state index in [-0.39, 0.29) is 10.8 Å². The molecule has 0 atom stereocenters. The van der Waals surface area contributed by atoms with Gasteiger partial charge < -0.3 is 4.90 Å². The summed E-state index contributed by atoms with van der Waals surface area (Å²) in [6.07, 6.45) is 0. The maximum atomic E-state index is 2.61. The Kier molecular flexibility index (Phi) is 7.32. The molecule has 0 amide bonds. The lowest BCUT2D eigenvalue weighted by Crippen LogP contribution is -2.18. The normalized spacial score (nSPS) is 14.2. The summed E-state index contributed by atoms with van der Waals surface area (Å²) in [6.45, 7) is 9.63. The van der Waals surface area contributed by atoms with Gasteiger partial charge in [0.25, 0.3) is 0 Å². The molecule has 2 aliphatic carbocycles. The molecular formula is C56H43N. The molecule has 1 nitrogen and oxygen atoms in total. The van der Waals surface area contributed by atoms with Gasteiger partial charge in [0.05, 0.1) is 11.4 Å². The number of rotatable bonds is 5.